The molecule has 19 heavy (non-hydrogen) atoms. The third kappa shape index (κ3) is 2.77. The number of nitrogens with zero attached hydrogens (tertiary/aromatic N) is 3. The van der Waals surface area contributed by atoms with Crippen molar-refractivity contribution < 1.29 is 9.59 Å². The van der Waals surface area contributed by atoms with E-state index in [2.05, 4.69) is 10.4 Å². The molecule has 0 saturated carbocycles. The van der Waals surface area contributed by atoms with Crippen molar-refractivity contribution in [1.82, 2.24) is 15.1 Å². The molecule has 0 bridgehead atoms. The Morgan fingerprint density at radius 3 is 2.79 bits per heavy atom. The van der Waals surface area contributed by atoms with E-state index in [4.69, 9.17) is 0 Å². The lowest BCUT2D eigenvalue weighted by molar-refractivity contribution is -0.126. The van der Waals surface area contributed by atoms with Crippen LogP contribution >= 0.6 is 0 Å². The van der Waals surface area contributed by atoms with Gasteiger partial charge in [0.05, 0.1) is 11.9 Å². The number of anilines is 1. The summed E-state index contributed by atoms with van der Waals surface area (Å²) in [4.78, 5) is 25.8. The maximum atomic E-state index is 12.5. The average Bonchev–Trinajstić information content (AvgIpc) is 2.78. The Labute approximate surface area is 112 Å². The fraction of sp³-hybridized carbons (Fsp3) is 0.615. The lowest BCUT2D eigenvalue weighted by Crippen LogP contribution is -2.47. The minimum absolute atomic E-state index is 0.0588. The lowest BCUT2D eigenvalue weighted by Gasteiger charge is -2.24. The van der Waals surface area contributed by atoms with Gasteiger partial charge in [-0.15, -0.1) is 0 Å². The van der Waals surface area contributed by atoms with Gasteiger partial charge >= 0.3 is 0 Å². The van der Waals surface area contributed by atoms with Crippen LogP contribution in [0.25, 0.3) is 0 Å². The number of carbonyl (C=O) groups excluding carboxylic acids is 2. The lowest BCUT2D eigenvalue weighted by atomic mass is 10.0. The molecule has 6 nitrogen and oxygen atoms in total. The zero-order valence-electron chi connectivity index (χ0n) is 11.6. The van der Waals surface area contributed by atoms with Crippen molar-refractivity contribution in [3.8, 4) is 0 Å². The number of aryl methyl sites for hydroxylation is 1. The van der Waals surface area contributed by atoms with Crippen molar-refractivity contribution in [3.63, 3.8) is 0 Å². The molecule has 1 unspecified atom stereocenters. The number of hydrogen-bond donors (Lipinski definition) is 1. The molecule has 1 aromatic rings. The fourth-order valence-electron chi connectivity index (χ4n) is 2.17. The van der Waals surface area contributed by atoms with E-state index in [1.807, 2.05) is 27.0 Å². The number of rotatable bonds is 3. The molecule has 6 heteroatoms. The fourth-order valence-corrected chi connectivity index (χ4v) is 2.17. The molecule has 1 aliphatic rings. The highest BCUT2D eigenvalue weighted by Gasteiger charge is 2.33. The molecule has 1 atom stereocenters. The van der Waals surface area contributed by atoms with Crippen LogP contribution in [0.1, 0.15) is 27.2 Å². The standard InChI is InChI=1S/C13H20N4O2/c1-4-16-8-10(7-14-16)17-6-5-11(18)15-12(9(2)3)13(17)19/h7-9,12H,4-6H2,1-3H3,(H,15,18). The molecule has 1 saturated heterocycles. The van der Waals surface area contributed by atoms with Crippen LogP contribution in [0.3, 0.4) is 0 Å². The molecule has 1 aliphatic heterocycles. The van der Waals surface area contributed by atoms with E-state index in [0.29, 0.717) is 13.0 Å². The van der Waals surface area contributed by atoms with Crippen LogP contribution in [-0.2, 0) is 16.1 Å². The van der Waals surface area contributed by atoms with Gasteiger partial charge in [-0.1, -0.05) is 13.8 Å². The summed E-state index contributed by atoms with van der Waals surface area (Å²) in [5.74, 6) is -0.0628. The molecule has 104 valence electrons. The van der Waals surface area contributed by atoms with Crippen molar-refractivity contribution in [2.75, 3.05) is 11.4 Å². The van der Waals surface area contributed by atoms with Gasteiger partial charge in [0.25, 0.3) is 0 Å². The van der Waals surface area contributed by atoms with Crippen molar-refractivity contribution in [1.29, 1.82) is 0 Å². The first-order valence-electron chi connectivity index (χ1n) is 6.66. The Bertz CT molecular complexity index is 481. The maximum absolute atomic E-state index is 12.5. The van der Waals surface area contributed by atoms with Gasteiger partial charge in [-0.3, -0.25) is 14.3 Å². The van der Waals surface area contributed by atoms with Crippen LogP contribution < -0.4 is 10.2 Å². The Hall–Kier alpha value is -1.85. The quantitative estimate of drug-likeness (QED) is 0.877. The minimum Gasteiger partial charge on any atom is -0.344 e. The van der Waals surface area contributed by atoms with Gasteiger partial charge in [0.1, 0.15) is 6.04 Å². The van der Waals surface area contributed by atoms with Gasteiger partial charge in [0, 0.05) is 25.7 Å². The van der Waals surface area contributed by atoms with Gasteiger partial charge in [-0.25, -0.2) is 0 Å². The highest BCUT2D eigenvalue weighted by Crippen LogP contribution is 2.19. The van der Waals surface area contributed by atoms with Crippen LogP contribution in [0.2, 0.25) is 0 Å². The highest BCUT2D eigenvalue weighted by molar-refractivity contribution is 6.01. The Morgan fingerprint density at radius 1 is 1.47 bits per heavy atom. The smallest absolute Gasteiger partial charge is 0.249 e. The largest absolute Gasteiger partial charge is 0.344 e. The van der Waals surface area contributed by atoms with E-state index in [0.717, 1.165) is 12.2 Å². The normalized spacial score (nSPS) is 20.6. The summed E-state index contributed by atoms with van der Waals surface area (Å²) in [7, 11) is 0. The van der Waals surface area contributed by atoms with E-state index in [1.165, 1.54) is 0 Å². The summed E-state index contributed by atoms with van der Waals surface area (Å²) in [6.07, 6.45) is 3.84. The highest BCUT2D eigenvalue weighted by atomic mass is 16.2. The Kier molecular flexibility index (Phi) is 3.87. The second-order valence-corrected chi connectivity index (χ2v) is 5.08. The second-order valence-electron chi connectivity index (χ2n) is 5.08. The Balaban J connectivity index is 2.27. The molecule has 2 amide bonds. The predicted octanol–water partition coefficient (Wildman–Crippen LogP) is 0.780. The van der Waals surface area contributed by atoms with E-state index < -0.39 is 6.04 Å². The summed E-state index contributed by atoms with van der Waals surface area (Å²) < 4.78 is 1.77. The van der Waals surface area contributed by atoms with E-state index in [9.17, 15) is 9.59 Å². The molecule has 0 aromatic carbocycles. The monoisotopic (exact) mass is 264 g/mol. The molecule has 0 aliphatic carbocycles. The van der Waals surface area contributed by atoms with Gasteiger partial charge in [0.2, 0.25) is 11.8 Å². The van der Waals surface area contributed by atoms with Gasteiger partial charge < -0.3 is 10.2 Å². The first-order chi connectivity index (χ1) is 9.02. The first kappa shape index (κ1) is 13.6. The summed E-state index contributed by atoms with van der Waals surface area (Å²) in [6, 6.07) is -0.458. The predicted molar refractivity (Wildman–Crippen MR) is 71.6 cm³/mol. The van der Waals surface area contributed by atoms with Crippen LogP contribution in [-0.4, -0.2) is 34.2 Å². The summed E-state index contributed by atoms with van der Waals surface area (Å²) in [5.41, 5.74) is 0.758. The zero-order chi connectivity index (χ0) is 14.0. The number of nitrogens with one attached hydrogen (secondary N) is 1. The third-order valence-electron chi connectivity index (χ3n) is 3.33. The minimum atomic E-state index is -0.458. The topological polar surface area (TPSA) is 67.2 Å². The van der Waals surface area contributed by atoms with Crippen LogP contribution in [0.4, 0.5) is 5.69 Å². The third-order valence-corrected chi connectivity index (χ3v) is 3.33. The summed E-state index contributed by atoms with van der Waals surface area (Å²) >= 11 is 0. The SMILES string of the molecule is CCn1cc(N2CCC(=O)NC(C(C)C)C2=O)cn1. The van der Waals surface area contributed by atoms with E-state index in [1.54, 1.807) is 15.8 Å². The molecule has 2 heterocycles. The molecular formula is C13H20N4O2. The van der Waals surface area contributed by atoms with Crippen LogP contribution in [0.15, 0.2) is 12.4 Å². The zero-order valence-corrected chi connectivity index (χ0v) is 11.6. The molecule has 1 aromatic heterocycles. The molecule has 1 N–H and O–H groups in total. The number of hydrogen-bond acceptors (Lipinski definition) is 3. The number of amides is 2. The number of aromatic nitrogens is 2. The van der Waals surface area contributed by atoms with Gasteiger partial charge in [-0.05, 0) is 12.8 Å². The maximum Gasteiger partial charge on any atom is 0.249 e. The van der Waals surface area contributed by atoms with Gasteiger partial charge in [0.15, 0.2) is 0 Å². The van der Waals surface area contributed by atoms with Crippen molar-refractivity contribution >= 4 is 17.5 Å². The first-order valence-corrected chi connectivity index (χ1v) is 6.66. The average molecular weight is 264 g/mol. The summed E-state index contributed by atoms with van der Waals surface area (Å²) in [6.45, 7) is 7.02. The van der Waals surface area contributed by atoms with Crippen LogP contribution in [0, 0.1) is 5.92 Å². The van der Waals surface area contributed by atoms with Crippen molar-refractivity contribution in [3.05, 3.63) is 12.4 Å². The summed E-state index contributed by atoms with van der Waals surface area (Å²) in [5, 5.41) is 6.97. The molecular weight excluding hydrogens is 244 g/mol. The van der Waals surface area contributed by atoms with Crippen LogP contribution in [0.5, 0.6) is 0 Å². The van der Waals surface area contributed by atoms with Gasteiger partial charge in [-0.2, -0.15) is 5.10 Å². The van der Waals surface area contributed by atoms with Crippen molar-refractivity contribution in [2.45, 2.75) is 39.8 Å². The number of carbonyl (C=O) groups is 2. The molecule has 1 fully saturated rings. The molecule has 0 spiro atoms. The van der Waals surface area contributed by atoms with E-state index in [-0.39, 0.29) is 17.7 Å². The van der Waals surface area contributed by atoms with E-state index >= 15 is 0 Å². The molecule has 0 radical (unpaired) electrons. The Morgan fingerprint density at radius 2 is 2.21 bits per heavy atom. The second kappa shape index (κ2) is 5.42. The molecule has 2 rings (SSSR count). The van der Waals surface area contributed by atoms with Crippen molar-refractivity contribution in [2.24, 2.45) is 5.92 Å².